The number of amides is 1. The molecule has 0 atom stereocenters. The predicted molar refractivity (Wildman–Crippen MR) is 133 cm³/mol. The van der Waals surface area contributed by atoms with Crippen LogP contribution in [0.15, 0.2) is 102 Å². The number of carbonyl (C=O) groups excluding carboxylic acids is 1. The number of carbonyl (C=O) groups is 1. The second-order valence-corrected chi connectivity index (χ2v) is 8.04. The minimum absolute atomic E-state index is 0.0340. The molecule has 0 aliphatic heterocycles. The molecule has 2 N–H and O–H groups in total. The Morgan fingerprint density at radius 2 is 1.82 bits per heavy atom. The minimum atomic E-state index is -0.156. The third kappa shape index (κ3) is 4.31. The summed E-state index contributed by atoms with van der Waals surface area (Å²) in [5, 5.41) is 3.38. The van der Waals surface area contributed by atoms with E-state index in [0.29, 0.717) is 12.1 Å². The molecule has 3 heterocycles. The number of benzene rings is 2. The molecule has 7 heteroatoms. The third-order valence-electron chi connectivity index (χ3n) is 5.64. The number of aromatic nitrogens is 3. The van der Waals surface area contributed by atoms with Gasteiger partial charge in [-0.2, -0.15) is 0 Å². The zero-order valence-corrected chi connectivity index (χ0v) is 18.6. The van der Waals surface area contributed by atoms with E-state index in [9.17, 15) is 9.59 Å². The van der Waals surface area contributed by atoms with E-state index < -0.39 is 0 Å². The Morgan fingerprint density at radius 3 is 2.59 bits per heavy atom. The van der Waals surface area contributed by atoms with Gasteiger partial charge in [-0.15, -0.1) is 0 Å². The number of anilines is 2. The first kappa shape index (κ1) is 21.2. The van der Waals surface area contributed by atoms with E-state index in [2.05, 4.69) is 15.3 Å². The Bertz CT molecular complexity index is 1500. The lowest BCUT2D eigenvalue weighted by Gasteiger charge is -2.18. The minimum Gasteiger partial charge on any atom is -0.352 e. The van der Waals surface area contributed by atoms with Crippen LogP contribution in [0.1, 0.15) is 15.9 Å². The van der Waals surface area contributed by atoms with Gasteiger partial charge in [0.1, 0.15) is 0 Å². The van der Waals surface area contributed by atoms with Crippen LogP contribution in [0.3, 0.4) is 0 Å². The smallest absolute Gasteiger partial charge is 0.253 e. The van der Waals surface area contributed by atoms with Crippen LogP contribution in [0, 0.1) is 0 Å². The number of H-pyrrole nitrogens is 1. The third-order valence-corrected chi connectivity index (χ3v) is 5.64. The molecule has 0 saturated carbocycles. The van der Waals surface area contributed by atoms with Gasteiger partial charge in [-0.3, -0.25) is 14.0 Å². The Hall–Kier alpha value is -4.65. The van der Waals surface area contributed by atoms with Gasteiger partial charge in [0.2, 0.25) is 5.56 Å². The molecule has 0 fully saturated rings. The maximum absolute atomic E-state index is 12.8. The standard InChI is InChI=1S/C27H23N5O2/c1-31(18-19-5-3-2-4-6-19)27(34)20-7-9-22(10-8-20)30-23-11-12-24(32-16-15-29-26(23)32)21-13-14-28-25(33)17-21/h2-17,30H,18H2,1H3,(H,28,33). The van der Waals surface area contributed by atoms with Crippen LogP contribution >= 0.6 is 0 Å². The predicted octanol–water partition coefficient (Wildman–Crippen LogP) is 4.71. The van der Waals surface area contributed by atoms with E-state index in [1.807, 2.05) is 83.4 Å². The van der Waals surface area contributed by atoms with Gasteiger partial charge in [0.25, 0.3) is 5.91 Å². The van der Waals surface area contributed by atoms with Crippen molar-refractivity contribution < 1.29 is 4.79 Å². The van der Waals surface area contributed by atoms with Gasteiger partial charge in [0.05, 0.1) is 11.4 Å². The molecule has 2 aromatic carbocycles. The molecule has 5 aromatic rings. The fourth-order valence-corrected chi connectivity index (χ4v) is 3.95. The van der Waals surface area contributed by atoms with Crippen molar-refractivity contribution in [1.29, 1.82) is 0 Å². The van der Waals surface area contributed by atoms with E-state index in [1.54, 1.807) is 30.4 Å². The molecule has 0 saturated heterocycles. The van der Waals surface area contributed by atoms with Crippen molar-refractivity contribution in [1.82, 2.24) is 19.3 Å². The Kier molecular flexibility index (Phi) is 5.66. The van der Waals surface area contributed by atoms with E-state index in [0.717, 1.165) is 33.8 Å². The molecule has 1 amide bonds. The number of nitrogens with one attached hydrogen (secondary N) is 2. The van der Waals surface area contributed by atoms with Crippen LogP contribution in [0.4, 0.5) is 11.4 Å². The van der Waals surface area contributed by atoms with Crippen LogP contribution in [-0.2, 0) is 6.54 Å². The topological polar surface area (TPSA) is 82.5 Å². The zero-order valence-electron chi connectivity index (χ0n) is 18.6. The van der Waals surface area contributed by atoms with Crippen molar-refractivity contribution >= 4 is 22.9 Å². The lowest BCUT2D eigenvalue weighted by molar-refractivity contribution is 0.0785. The van der Waals surface area contributed by atoms with E-state index in [-0.39, 0.29) is 11.5 Å². The number of hydrogen-bond acceptors (Lipinski definition) is 4. The van der Waals surface area contributed by atoms with Crippen LogP contribution in [-0.4, -0.2) is 32.2 Å². The maximum atomic E-state index is 12.8. The molecule has 0 spiro atoms. The molecule has 168 valence electrons. The summed E-state index contributed by atoms with van der Waals surface area (Å²) < 4.78 is 1.94. The summed E-state index contributed by atoms with van der Waals surface area (Å²) in [5.74, 6) is -0.0340. The molecule has 7 nitrogen and oxygen atoms in total. The summed E-state index contributed by atoms with van der Waals surface area (Å²) in [7, 11) is 1.80. The monoisotopic (exact) mass is 449 g/mol. The van der Waals surface area contributed by atoms with Crippen molar-refractivity contribution in [3.8, 4) is 11.3 Å². The number of pyridine rings is 2. The fourth-order valence-electron chi connectivity index (χ4n) is 3.95. The van der Waals surface area contributed by atoms with Crippen LogP contribution in [0.2, 0.25) is 0 Å². The number of fused-ring (bicyclic) bond motifs is 1. The molecule has 0 unspecified atom stereocenters. The molecule has 0 bridgehead atoms. The summed E-state index contributed by atoms with van der Waals surface area (Å²) in [5.41, 5.74) is 5.63. The molecular formula is C27H23N5O2. The average Bonchev–Trinajstić information content (AvgIpc) is 3.35. The van der Waals surface area contributed by atoms with E-state index in [1.165, 1.54) is 0 Å². The van der Waals surface area contributed by atoms with Crippen molar-refractivity contribution in [2.45, 2.75) is 6.54 Å². The molecule has 0 aliphatic rings. The van der Waals surface area contributed by atoms with Crippen molar-refractivity contribution in [2.24, 2.45) is 0 Å². The second kappa shape index (κ2) is 9.07. The Morgan fingerprint density at radius 1 is 1.03 bits per heavy atom. The first-order valence-electron chi connectivity index (χ1n) is 10.9. The summed E-state index contributed by atoms with van der Waals surface area (Å²) in [6.07, 6.45) is 5.22. The highest BCUT2D eigenvalue weighted by atomic mass is 16.2. The van der Waals surface area contributed by atoms with E-state index >= 15 is 0 Å². The molecule has 0 radical (unpaired) electrons. The molecule has 3 aromatic heterocycles. The van der Waals surface area contributed by atoms with Gasteiger partial charge in [-0.05, 0) is 48.0 Å². The Balaban J connectivity index is 1.35. The van der Waals surface area contributed by atoms with Crippen molar-refractivity contribution in [2.75, 3.05) is 12.4 Å². The average molecular weight is 450 g/mol. The molecule has 34 heavy (non-hydrogen) atoms. The molecule has 0 aliphatic carbocycles. The largest absolute Gasteiger partial charge is 0.352 e. The van der Waals surface area contributed by atoms with Gasteiger partial charge in [-0.25, -0.2) is 4.98 Å². The first-order chi connectivity index (χ1) is 16.6. The highest BCUT2D eigenvalue weighted by Gasteiger charge is 2.13. The van der Waals surface area contributed by atoms with Crippen LogP contribution in [0.5, 0.6) is 0 Å². The summed E-state index contributed by atoms with van der Waals surface area (Å²) in [6, 6.07) is 24.6. The van der Waals surface area contributed by atoms with Crippen molar-refractivity contribution in [3.05, 3.63) is 119 Å². The number of aromatic amines is 1. The van der Waals surface area contributed by atoms with E-state index in [4.69, 9.17) is 0 Å². The lowest BCUT2D eigenvalue weighted by atomic mass is 10.1. The van der Waals surface area contributed by atoms with Gasteiger partial charge < -0.3 is 15.2 Å². The van der Waals surface area contributed by atoms with Crippen LogP contribution in [0.25, 0.3) is 16.9 Å². The highest BCUT2D eigenvalue weighted by molar-refractivity contribution is 5.94. The maximum Gasteiger partial charge on any atom is 0.253 e. The summed E-state index contributed by atoms with van der Waals surface area (Å²) >= 11 is 0. The normalized spacial score (nSPS) is 10.9. The second-order valence-electron chi connectivity index (χ2n) is 8.04. The summed E-state index contributed by atoms with van der Waals surface area (Å²) in [4.78, 5) is 33.4. The molecule has 5 rings (SSSR count). The quantitative estimate of drug-likeness (QED) is 0.394. The van der Waals surface area contributed by atoms with Crippen LogP contribution < -0.4 is 10.9 Å². The van der Waals surface area contributed by atoms with Gasteiger partial charge >= 0.3 is 0 Å². The Labute approximate surface area is 196 Å². The highest BCUT2D eigenvalue weighted by Crippen LogP contribution is 2.27. The number of nitrogens with zero attached hydrogens (tertiary/aromatic N) is 3. The van der Waals surface area contributed by atoms with Gasteiger partial charge in [-0.1, -0.05) is 30.3 Å². The number of hydrogen-bond donors (Lipinski definition) is 2. The first-order valence-corrected chi connectivity index (χ1v) is 10.9. The zero-order chi connectivity index (χ0) is 23.5. The fraction of sp³-hybridized carbons (Fsp3) is 0.0741. The van der Waals surface area contributed by atoms with Crippen molar-refractivity contribution in [3.63, 3.8) is 0 Å². The van der Waals surface area contributed by atoms with Gasteiger partial charge in [0, 0.05) is 55.1 Å². The number of imidazole rings is 1. The van der Waals surface area contributed by atoms with Gasteiger partial charge in [0.15, 0.2) is 5.65 Å². The lowest BCUT2D eigenvalue weighted by Crippen LogP contribution is -2.26. The summed E-state index contributed by atoms with van der Waals surface area (Å²) in [6.45, 7) is 0.553. The SMILES string of the molecule is CN(Cc1ccccc1)C(=O)c1ccc(Nc2ccc(-c3cc[nH]c(=O)c3)n3ccnc23)cc1. The number of rotatable bonds is 6. The molecular weight excluding hydrogens is 426 g/mol.